The first-order valence-electron chi connectivity index (χ1n) is 9.74. The summed E-state index contributed by atoms with van der Waals surface area (Å²) in [6.45, 7) is 0.491. The van der Waals surface area contributed by atoms with Crippen LogP contribution in [0.2, 0.25) is 0 Å². The molecule has 0 aliphatic carbocycles. The van der Waals surface area contributed by atoms with E-state index < -0.39 is 0 Å². The third kappa shape index (κ3) is 5.85. The molecule has 0 unspecified atom stereocenters. The van der Waals surface area contributed by atoms with Gasteiger partial charge in [0.05, 0.1) is 39.8 Å². The van der Waals surface area contributed by atoms with E-state index in [1.165, 1.54) is 0 Å². The van der Waals surface area contributed by atoms with Crippen LogP contribution >= 0.6 is 11.8 Å². The Morgan fingerprint density at radius 1 is 0.938 bits per heavy atom. The number of benzene rings is 2. The maximum absolute atomic E-state index is 12.2. The number of carbonyl (C=O) groups excluding carboxylic acids is 1. The van der Waals surface area contributed by atoms with Gasteiger partial charge in [0.25, 0.3) is 11.1 Å². The normalized spacial score (nSPS) is 10.5. The second-order valence-electron chi connectivity index (χ2n) is 6.52. The second-order valence-corrected chi connectivity index (χ2v) is 7.44. The van der Waals surface area contributed by atoms with Crippen molar-refractivity contribution >= 4 is 17.7 Å². The monoisotopic (exact) mass is 459 g/mol. The Morgan fingerprint density at radius 3 is 2.41 bits per heavy atom. The number of ether oxygens (including phenoxy) is 4. The van der Waals surface area contributed by atoms with Gasteiger partial charge in [0.2, 0.25) is 5.91 Å². The van der Waals surface area contributed by atoms with E-state index in [1.807, 2.05) is 18.2 Å². The highest BCUT2D eigenvalue weighted by Gasteiger charge is 2.16. The van der Waals surface area contributed by atoms with Crippen LogP contribution in [0.5, 0.6) is 23.0 Å². The Labute approximate surface area is 190 Å². The molecule has 0 saturated carbocycles. The van der Waals surface area contributed by atoms with Crippen LogP contribution in [-0.4, -0.2) is 56.8 Å². The number of nitrogens with zero attached hydrogens (tertiary/aromatic N) is 2. The molecule has 1 aromatic heterocycles. The van der Waals surface area contributed by atoms with E-state index >= 15 is 0 Å². The van der Waals surface area contributed by atoms with E-state index in [0.29, 0.717) is 46.7 Å². The van der Waals surface area contributed by atoms with E-state index in [1.54, 1.807) is 46.6 Å². The average Bonchev–Trinajstić information content (AvgIpc) is 3.31. The lowest BCUT2D eigenvalue weighted by Gasteiger charge is -2.10. The fraction of sp³-hybridized carbons (Fsp3) is 0.318. The molecule has 0 saturated heterocycles. The minimum Gasteiger partial charge on any atom is -0.497 e. The quantitative estimate of drug-likeness (QED) is 0.433. The van der Waals surface area contributed by atoms with Crippen LogP contribution in [0, 0.1) is 0 Å². The summed E-state index contributed by atoms with van der Waals surface area (Å²) in [6.07, 6.45) is 0.664. The number of carbonyl (C=O) groups is 1. The fourth-order valence-electron chi connectivity index (χ4n) is 2.92. The van der Waals surface area contributed by atoms with Gasteiger partial charge in [-0.1, -0.05) is 17.8 Å². The third-order valence-electron chi connectivity index (χ3n) is 4.55. The van der Waals surface area contributed by atoms with Crippen molar-refractivity contribution in [3.63, 3.8) is 0 Å². The van der Waals surface area contributed by atoms with E-state index in [0.717, 1.165) is 17.3 Å². The second kappa shape index (κ2) is 11.3. The zero-order valence-corrected chi connectivity index (χ0v) is 19.2. The number of amides is 1. The summed E-state index contributed by atoms with van der Waals surface area (Å²) in [7, 11) is 6.32. The van der Waals surface area contributed by atoms with Gasteiger partial charge in [-0.2, -0.15) is 0 Å². The van der Waals surface area contributed by atoms with Gasteiger partial charge >= 0.3 is 0 Å². The summed E-state index contributed by atoms with van der Waals surface area (Å²) in [4.78, 5) is 12.2. The number of rotatable bonds is 11. The molecule has 10 heteroatoms. The molecule has 0 spiro atoms. The molecule has 0 aliphatic heterocycles. The molecule has 3 aromatic rings. The molecular formula is C22H25N3O6S. The van der Waals surface area contributed by atoms with Gasteiger partial charge in [0.1, 0.15) is 11.5 Å². The number of hydrogen-bond donors (Lipinski definition) is 1. The first-order chi connectivity index (χ1) is 15.6. The highest BCUT2D eigenvalue weighted by atomic mass is 32.2. The van der Waals surface area contributed by atoms with Gasteiger partial charge in [-0.25, -0.2) is 0 Å². The lowest BCUT2D eigenvalue weighted by molar-refractivity contribution is -0.118. The summed E-state index contributed by atoms with van der Waals surface area (Å²) < 4.78 is 26.8. The van der Waals surface area contributed by atoms with Gasteiger partial charge in [-0.05, 0) is 42.3 Å². The van der Waals surface area contributed by atoms with Crippen molar-refractivity contribution in [2.24, 2.45) is 0 Å². The lowest BCUT2D eigenvalue weighted by Crippen LogP contribution is -2.27. The first-order valence-corrected chi connectivity index (χ1v) is 10.7. The number of methoxy groups -OCH3 is 4. The van der Waals surface area contributed by atoms with Crippen molar-refractivity contribution in [2.75, 3.05) is 40.7 Å². The summed E-state index contributed by atoms with van der Waals surface area (Å²) in [5.74, 6) is 2.87. The predicted octanol–water partition coefficient (Wildman–Crippen LogP) is 3.22. The Balaban J connectivity index is 1.51. The Morgan fingerprint density at radius 2 is 1.69 bits per heavy atom. The highest BCUT2D eigenvalue weighted by Crippen LogP contribution is 2.33. The lowest BCUT2D eigenvalue weighted by atomic mass is 10.1. The predicted molar refractivity (Wildman–Crippen MR) is 120 cm³/mol. The van der Waals surface area contributed by atoms with Gasteiger partial charge < -0.3 is 28.7 Å². The van der Waals surface area contributed by atoms with Crippen molar-refractivity contribution in [1.29, 1.82) is 0 Å². The van der Waals surface area contributed by atoms with Crippen molar-refractivity contribution < 1.29 is 28.2 Å². The van der Waals surface area contributed by atoms with Crippen LogP contribution < -0.4 is 24.3 Å². The Hall–Kier alpha value is -3.40. The van der Waals surface area contributed by atoms with Gasteiger partial charge in [-0.3, -0.25) is 4.79 Å². The van der Waals surface area contributed by atoms with Crippen LogP contribution in [0.4, 0.5) is 0 Å². The molecule has 32 heavy (non-hydrogen) atoms. The van der Waals surface area contributed by atoms with E-state index in [9.17, 15) is 4.79 Å². The van der Waals surface area contributed by atoms with Crippen LogP contribution in [0.3, 0.4) is 0 Å². The molecule has 0 atom stereocenters. The van der Waals surface area contributed by atoms with Crippen LogP contribution in [0.1, 0.15) is 5.56 Å². The zero-order valence-electron chi connectivity index (χ0n) is 18.3. The minimum absolute atomic E-state index is 0.130. The van der Waals surface area contributed by atoms with Crippen molar-refractivity contribution in [1.82, 2.24) is 15.5 Å². The molecule has 0 aliphatic rings. The minimum atomic E-state index is -0.130. The van der Waals surface area contributed by atoms with Gasteiger partial charge in [0.15, 0.2) is 11.5 Å². The summed E-state index contributed by atoms with van der Waals surface area (Å²) in [5, 5.41) is 11.2. The largest absolute Gasteiger partial charge is 0.497 e. The molecule has 0 radical (unpaired) electrons. The van der Waals surface area contributed by atoms with E-state index in [-0.39, 0.29) is 17.6 Å². The molecular weight excluding hydrogens is 434 g/mol. The molecule has 9 nitrogen and oxygen atoms in total. The number of thioether (sulfide) groups is 1. The summed E-state index contributed by atoms with van der Waals surface area (Å²) >= 11 is 1.16. The SMILES string of the molecule is COc1ccc(OC)c(-c2nnc(SCC(=O)NCCc3ccc(OC)c(OC)c3)o2)c1. The van der Waals surface area contributed by atoms with E-state index in [2.05, 4.69) is 15.5 Å². The molecule has 2 aromatic carbocycles. The van der Waals surface area contributed by atoms with Crippen molar-refractivity contribution in [3.8, 4) is 34.5 Å². The number of nitrogens with one attached hydrogen (secondary N) is 1. The molecule has 0 bridgehead atoms. The maximum Gasteiger partial charge on any atom is 0.277 e. The number of aromatic nitrogens is 2. The van der Waals surface area contributed by atoms with E-state index in [4.69, 9.17) is 23.4 Å². The molecule has 1 heterocycles. The topological polar surface area (TPSA) is 105 Å². The molecule has 1 N–H and O–H groups in total. The standard InChI is InChI=1S/C22H25N3O6S/c1-27-15-6-8-17(28-2)16(12-15)21-24-25-22(31-21)32-13-20(26)23-10-9-14-5-7-18(29-3)19(11-14)30-4/h5-8,11-12H,9-10,13H2,1-4H3,(H,23,26). The molecule has 1 amide bonds. The number of hydrogen-bond acceptors (Lipinski definition) is 9. The Bertz CT molecular complexity index is 1060. The molecule has 3 rings (SSSR count). The summed E-state index contributed by atoms with van der Waals surface area (Å²) in [6, 6.07) is 11.0. The van der Waals surface area contributed by atoms with Gasteiger partial charge in [0, 0.05) is 6.54 Å². The maximum atomic E-state index is 12.2. The highest BCUT2D eigenvalue weighted by molar-refractivity contribution is 7.99. The van der Waals surface area contributed by atoms with Crippen LogP contribution in [-0.2, 0) is 11.2 Å². The third-order valence-corrected chi connectivity index (χ3v) is 5.37. The van der Waals surface area contributed by atoms with Crippen molar-refractivity contribution in [3.05, 3.63) is 42.0 Å². The average molecular weight is 460 g/mol. The summed E-state index contributed by atoms with van der Waals surface area (Å²) in [5.41, 5.74) is 1.65. The first kappa shape index (κ1) is 23.3. The van der Waals surface area contributed by atoms with Crippen molar-refractivity contribution in [2.45, 2.75) is 11.6 Å². The van der Waals surface area contributed by atoms with Crippen LogP contribution in [0.15, 0.2) is 46.0 Å². The zero-order chi connectivity index (χ0) is 22.9. The molecule has 0 fully saturated rings. The molecule has 170 valence electrons. The smallest absolute Gasteiger partial charge is 0.277 e. The Kier molecular flexibility index (Phi) is 8.20. The van der Waals surface area contributed by atoms with Crippen LogP contribution in [0.25, 0.3) is 11.5 Å². The van der Waals surface area contributed by atoms with Gasteiger partial charge in [-0.15, -0.1) is 10.2 Å². The fourth-order valence-corrected chi connectivity index (χ4v) is 3.51.